The number of nitrogens with zero attached hydrogens (tertiary/aromatic N) is 4. The lowest BCUT2D eigenvalue weighted by atomic mass is 10.2. The van der Waals surface area contributed by atoms with Crippen LogP contribution in [0.3, 0.4) is 0 Å². The van der Waals surface area contributed by atoms with Gasteiger partial charge in [0, 0.05) is 32.8 Å². The molecule has 0 N–H and O–H groups in total. The first-order chi connectivity index (χ1) is 11.6. The van der Waals surface area contributed by atoms with Crippen LogP contribution >= 0.6 is 0 Å². The van der Waals surface area contributed by atoms with Crippen molar-refractivity contribution in [2.24, 2.45) is 0 Å². The Morgan fingerprint density at radius 3 is 2.72 bits per heavy atom. The lowest BCUT2D eigenvalue weighted by Gasteiger charge is -2.36. The molecule has 1 aromatic heterocycles. The maximum atomic E-state index is 12.1. The molecule has 0 saturated carbocycles. The number of aromatic nitrogens is 2. The average Bonchev–Trinajstić information content (AvgIpc) is 3.07. The van der Waals surface area contributed by atoms with Gasteiger partial charge in [-0.25, -0.2) is 9.48 Å². The number of carbonyl (C=O) groups excluding carboxylic acids is 1. The Balaban J connectivity index is 1.61. The normalized spacial score (nSPS) is 21.1. The zero-order valence-electron chi connectivity index (χ0n) is 16.2. The fourth-order valence-corrected chi connectivity index (χ4v) is 4.03. The fourth-order valence-electron chi connectivity index (χ4n) is 2.99. The number of carbonyl (C=O) groups is 1. The van der Waals surface area contributed by atoms with Gasteiger partial charge in [-0.15, -0.1) is 0 Å². The highest BCUT2D eigenvalue weighted by atomic mass is 28.4. The van der Waals surface area contributed by atoms with Crippen LogP contribution in [0.25, 0.3) is 5.70 Å². The summed E-state index contributed by atoms with van der Waals surface area (Å²) in [6.07, 6.45) is 4.97. The summed E-state index contributed by atoms with van der Waals surface area (Å²) in [5.41, 5.74) is 2.11. The van der Waals surface area contributed by atoms with E-state index in [-0.39, 0.29) is 17.1 Å². The second-order valence-corrected chi connectivity index (χ2v) is 13.4. The highest BCUT2D eigenvalue weighted by Crippen LogP contribution is 2.36. The third-order valence-electron chi connectivity index (χ3n) is 5.78. The van der Waals surface area contributed by atoms with Gasteiger partial charge >= 0.3 is 6.03 Å². The van der Waals surface area contributed by atoms with Crippen molar-refractivity contribution in [2.75, 3.05) is 26.7 Å². The van der Waals surface area contributed by atoms with E-state index in [0.29, 0.717) is 13.2 Å². The van der Waals surface area contributed by atoms with E-state index in [1.165, 1.54) is 0 Å². The Bertz CT molecular complexity index is 689. The predicted molar refractivity (Wildman–Crippen MR) is 102 cm³/mol. The van der Waals surface area contributed by atoms with E-state index in [1.54, 1.807) is 4.90 Å². The van der Waals surface area contributed by atoms with Gasteiger partial charge in [0.25, 0.3) is 0 Å². The van der Waals surface area contributed by atoms with Crippen LogP contribution in [0.4, 0.5) is 4.79 Å². The van der Waals surface area contributed by atoms with Gasteiger partial charge in [-0.05, 0) is 30.3 Å². The predicted octanol–water partition coefficient (Wildman–Crippen LogP) is 3.04. The lowest BCUT2D eigenvalue weighted by Crippen LogP contribution is -2.41. The Hall–Kier alpha value is -1.60. The molecule has 2 amide bonds. The first kappa shape index (κ1) is 18.2. The second kappa shape index (κ2) is 6.28. The molecule has 0 spiro atoms. The van der Waals surface area contributed by atoms with Crippen LogP contribution in [0.5, 0.6) is 0 Å². The molecule has 1 aromatic rings. The summed E-state index contributed by atoms with van der Waals surface area (Å²) >= 11 is 0. The van der Waals surface area contributed by atoms with Crippen molar-refractivity contribution in [3.05, 3.63) is 24.0 Å². The highest BCUT2D eigenvalue weighted by Gasteiger charge is 2.38. The van der Waals surface area contributed by atoms with Gasteiger partial charge in [0.05, 0.1) is 24.0 Å². The molecule has 1 saturated heterocycles. The minimum atomic E-state index is -1.71. The summed E-state index contributed by atoms with van der Waals surface area (Å²) in [7, 11) is 0.155. The van der Waals surface area contributed by atoms with Crippen LogP contribution in [0.1, 0.15) is 26.5 Å². The molecule has 2 bridgehead atoms. The molecule has 1 unspecified atom stereocenters. The molecule has 0 aliphatic carbocycles. The highest BCUT2D eigenvalue weighted by molar-refractivity contribution is 6.74. The van der Waals surface area contributed by atoms with Gasteiger partial charge in [-0.1, -0.05) is 20.8 Å². The number of amides is 2. The molecule has 3 heterocycles. The number of likely N-dealkylation sites (N-methyl/N-ethyl adjacent to an activating group) is 1. The van der Waals surface area contributed by atoms with Gasteiger partial charge in [-0.2, -0.15) is 5.10 Å². The van der Waals surface area contributed by atoms with Gasteiger partial charge in [0.2, 0.25) is 0 Å². The molecule has 1 fully saturated rings. The molecule has 25 heavy (non-hydrogen) atoms. The molecule has 138 valence electrons. The van der Waals surface area contributed by atoms with Gasteiger partial charge in [-0.3, -0.25) is 0 Å². The van der Waals surface area contributed by atoms with E-state index < -0.39 is 8.32 Å². The van der Waals surface area contributed by atoms with E-state index in [4.69, 9.17) is 4.43 Å². The van der Waals surface area contributed by atoms with Crippen LogP contribution in [-0.2, 0) is 10.8 Å². The van der Waals surface area contributed by atoms with Crippen LogP contribution in [0, 0.1) is 0 Å². The smallest absolute Gasteiger partial charge is 0.320 e. The van der Waals surface area contributed by atoms with E-state index in [0.717, 1.165) is 24.4 Å². The summed E-state index contributed by atoms with van der Waals surface area (Å²) in [5, 5.41) is 4.92. The summed E-state index contributed by atoms with van der Waals surface area (Å²) < 4.78 is 8.15. The van der Waals surface area contributed by atoms with Crippen molar-refractivity contribution in [2.45, 2.75) is 51.4 Å². The number of hydrogen-bond donors (Lipinski definition) is 0. The number of hydrogen-bond acceptors (Lipinski definition) is 3. The van der Waals surface area contributed by atoms with E-state index in [1.807, 2.05) is 28.9 Å². The summed E-state index contributed by atoms with van der Waals surface area (Å²) in [6.45, 7) is 13.4. The Morgan fingerprint density at radius 1 is 1.36 bits per heavy atom. The average molecular weight is 363 g/mol. The maximum Gasteiger partial charge on any atom is 0.320 e. The van der Waals surface area contributed by atoms with Crippen molar-refractivity contribution in [1.82, 2.24) is 19.6 Å². The van der Waals surface area contributed by atoms with E-state index in [9.17, 15) is 4.79 Å². The molecule has 1 atom stereocenters. The van der Waals surface area contributed by atoms with E-state index >= 15 is 0 Å². The first-order valence-electron chi connectivity index (χ1n) is 9.00. The number of rotatable bonds is 5. The van der Waals surface area contributed by atoms with Crippen molar-refractivity contribution >= 4 is 20.0 Å². The molecule has 2 aliphatic rings. The fraction of sp³-hybridized carbons (Fsp3) is 0.667. The number of fused-ring (bicyclic) bond motifs is 2. The van der Waals surface area contributed by atoms with Crippen molar-refractivity contribution in [3.63, 3.8) is 0 Å². The molecule has 3 rings (SSSR count). The third-order valence-corrected chi connectivity index (χ3v) is 10.3. The van der Waals surface area contributed by atoms with Crippen molar-refractivity contribution in [3.8, 4) is 0 Å². The van der Waals surface area contributed by atoms with Crippen LogP contribution in [-0.4, -0.2) is 66.7 Å². The van der Waals surface area contributed by atoms with Crippen molar-refractivity contribution in [1.29, 1.82) is 0 Å². The Morgan fingerprint density at radius 2 is 2.08 bits per heavy atom. The summed E-state index contributed by atoms with van der Waals surface area (Å²) in [4.78, 5) is 15.7. The lowest BCUT2D eigenvalue weighted by molar-refractivity contribution is 0.201. The minimum absolute atomic E-state index is 0.103. The largest absolute Gasteiger partial charge is 0.416 e. The van der Waals surface area contributed by atoms with Crippen LogP contribution < -0.4 is 0 Å². The molecule has 0 radical (unpaired) electrons. The van der Waals surface area contributed by atoms with Gasteiger partial charge < -0.3 is 14.2 Å². The van der Waals surface area contributed by atoms with Gasteiger partial charge in [0.15, 0.2) is 8.32 Å². The topological polar surface area (TPSA) is 50.6 Å². The number of urea groups is 1. The SMILES string of the molecule is CN1C(=O)N2CC(n3ccc(CCO[Si](C)(C)C(C)(C)C)n3)=CC1C2. The Labute approximate surface area is 151 Å². The minimum Gasteiger partial charge on any atom is -0.416 e. The van der Waals surface area contributed by atoms with Gasteiger partial charge in [0.1, 0.15) is 0 Å². The van der Waals surface area contributed by atoms with Crippen LogP contribution in [0.15, 0.2) is 18.3 Å². The quantitative estimate of drug-likeness (QED) is 0.757. The zero-order valence-corrected chi connectivity index (χ0v) is 17.2. The van der Waals surface area contributed by atoms with Crippen LogP contribution in [0.2, 0.25) is 18.1 Å². The molecule has 6 nitrogen and oxygen atoms in total. The molecule has 7 heteroatoms. The standard InChI is InChI=1S/C18H30N4O2Si/c1-18(2,3)25(5,6)24-10-8-14-7-9-22(19-14)16-11-15-12-21(13-16)17(23)20(15)4/h7,9,11,15H,8,10,12-13H2,1-6H3. The molecule has 2 aliphatic heterocycles. The molecule has 0 aromatic carbocycles. The first-order valence-corrected chi connectivity index (χ1v) is 11.9. The third kappa shape index (κ3) is 3.53. The van der Waals surface area contributed by atoms with E-state index in [2.05, 4.69) is 45.0 Å². The van der Waals surface area contributed by atoms with Crippen molar-refractivity contribution < 1.29 is 9.22 Å². The Kier molecular flexibility index (Phi) is 4.57. The summed E-state index contributed by atoms with van der Waals surface area (Å²) in [5.74, 6) is 0. The second-order valence-electron chi connectivity index (χ2n) is 8.61. The maximum absolute atomic E-state index is 12.1. The monoisotopic (exact) mass is 362 g/mol. The molecular formula is C18H30N4O2Si. The zero-order chi connectivity index (χ0) is 18.4. The molecular weight excluding hydrogens is 332 g/mol. The summed E-state index contributed by atoms with van der Waals surface area (Å²) in [6, 6.07) is 2.31.